The molecule has 0 N–H and O–H groups in total. The van der Waals surface area contributed by atoms with Gasteiger partial charge in [0.25, 0.3) is 0 Å². The van der Waals surface area contributed by atoms with E-state index >= 15 is 0 Å². The van der Waals surface area contributed by atoms with Crippen molar-refractivity contribution < 1.29 is 4.74 Å². The van der Waals surface area contributed by atoms with Gasteiger partial charge in [-0.25, -0.2) is 0 Å². The summed E-state index contributed by atoms with van der Waals surface area (Å²) in [6.07, 6.45) is 0. The van der Waals surface area contributed by atoms with Gasteiger partial charge in [0.05, 0.1) is 11.6 Å². The summed E-state index contributed by atoms with van der Waals surface area (Å²) in [7, 11) is 0. The molecule has 0 aliphatic carbocycles. The molecule has 0 unspecified atom stereocenters. The second-order valence-corrected chi connectivity index (χ2v) is 3.46. The van der Waals surface area contributed by atoms with E-state index in [0.29, 0.717) is 22.9 Å². The maximum absolute atomic E-state index is 8.77. The van der Waals surface area contributed by atoms with E-state index in [1.807, 2.05) is 6.07 Å². The van der Waals surface area contributed by atoms with E-state index in [9.17, 15) is 0 Å². The van der Waals surface area contributed by atoms with Crippen LogP contribution in [-0.2, 0) is 0 Å². The molecule has 68 valence electrons. The van der Waals surface area contributed by atoms with Gasteiger partial charge in [-0.2, -0.15) is 5.26 Å². The van der Waals surface area contributed by atoms with Crippen LogP contribution in [0, 0.1) is 11.3 Å². The monoisotopic (exact) mass is 259 g/mol. The Kier molecular flexibility index (Phi) is 4.07. The van der Waals surface area contributed by atoms with E-state index in [0.717, 1.165) is 5.33 Å². The Morgan fingerprint density at radius 3 is 2.92 bits per heavy atom. The lowest BCUT2D eigenvalue weighted by molar-refractivity contribution is 0.344. The van der Waals surface area contributed by atoms with Crippen LogP contribution in [0.1, 0.15) is 5.56 Å². The topological polar surface area (TPSA) is 33.0 Å². The number of rotatable bonds is 3. The molecule has 13 heavy (non-hydrogen) atoms. The van der Waals surface area contributed by atoms with Crippen LogP contribution in [0.2, 0.25) is 5.02 Å². The highest BCUT2D eigenvalue weighted by molar-refractivity contribution is 9.09. The van der Waals surface area contributed by atoms with Crippen LogP contribution in [0.4, 0.5) is 0 Å². The molecule has 0 fully saturated rings. The summed E-state index contributed by atoms with van der Waals surface area (Å²) in [4.78, 5) is 0. The van der Waals surface area contributed by atoms with Crippen molar-refractivity contribution in [3.8, 4) is 11.8 Å². The quantitative estimate of drug-likeness (QED) is 0.783. The normalized spacial score (nSPS) is 9.31. The fourth-order valence-electron chi connectivity index (χ4n) is 0.882. The molecule has 0 spiro atoms. The summed E-state index contributed by atoms with van der Waals surface area (Å²) in [5.41, 5.74) is 0.394. The SMILES string of the molecule is N#Cc1c(Cl)cccc1OCCBr. The minimum absolute atomic E-state index is 0.394. The maximum atomic E-state index is 8.77. The van der Waals surface area contributed by atoms with Crippen molar-refractivity contribution in [3.05, 3.63) is 28.8 Å². The molecule has 0 heterocycles. The maximum Gasteiger partial charge on any atom is 0.138 e. The van der Waals surface area contributed by atoms with Crippen LogP contribution in [0.15, 0.2) is 18.2 Å². The van der Waals surface area contributed by atoms with E-state index in [-0.39, 0.29) is 0 Å². The molecule has 1 rings (SSSR count). The summed E-state index contributed by atoms with van der Waals surface area (Å²) in [6.45, 7) is 0.523. The molecule has 0 atom stereocenters. The van der Waals surface area contributed by atoms with Gasteiger partial charge in [-0.05, 0) is 12.1 Å². The number of nitrogens with zero attached hydrogens (tertiary/aromatic N) is 1. The molecule has 0 saturated heterocycles. The van der Waals surface area contributed by atoms with Crippen molar-refractivity contribution in [1.82, 2.24) is 0 Å². The van der Waals surface area contributed by atoms with Gasteiger partial charge in [0.15, 0.2) is 0 Å². The van der Waals surface area contributed by atoms with Gasteiger partial charge < -0.3 is 4.74 Å². The summed E-state index contributed by atoms with van der Waals surface area (Å²) in [5, 5.41) is 9.92. The third kappa shape index (κ3) is 2.61. The Bertz CT molecular complexity index is 335. The Morgan fingerprint density at radius 2 is 2.31 bits per heavy atom. The van der Waals surface area contributed by atoms with Crippen LogP contribution in [0.25, 0.3) is 0 Å². The van der Waals surface area contributed by atoms with E-state index < -0.39 is 0 Å². The van der Waals surface area contributed by atoms with Gasteiger partial charge in [-0.3, -0.25) is 0 Å². The number of hydrogen-bond donors (Lipinski definition) is 0. The second kappa shape index (κ2) is 5.11. The van der Waals surface area contributed by atoms with Crippen molar-refractivity contribution in [2.24, 2.45) is 0 Å². The predicted octanol–water partition coefficient (Wildman–Crippen LogP) is 2.99. The van der Waals surface area contributed by atoms with Gasteiger partial charge in [-0.15, -0.1) is 0 Å². The highest BCUT2D eigenvalue weighted by Gasteiger charge is 2.06. The molecule has 1 aromatic rings. The highest BCUT2D eigenvalue weighted by Crippen LogP contribution is 2.25. The molecule has 0 amide bonds. The average Bonchev–Trinajstić information content (AvgIpc) is 2.15. The average molecular weight is 261 g/mol. The molecule has 0 aliphatic heterocycles. The van der Waals surface area contributed by atoms with Crippen LogP contribution >= 0.6 is 27.5 Å². The number of alkyl halides is 1. The molecule has 4 heteroatoms. The van der Waals surface area contributed by atoms with Crippen LogP contribution < -0.4 is 4.74 Å². The minimum atomic E-state index is 0.394. The van der Waals surface area contributed by atoms with Gasteiger partial charge in [-0.1, -0.05) is 33.6 Å². The van der Waals surface area contributed by atoms with Crippen molar-refractivity contribution in [2.45, 2.75) is 0 Å². The molecule has 1 aromatic carbocycles. The largest absolute Gasteiger partial charge is 0.491 e. The van der Waals surface area contributed by atoms with Gasteiger partial charge in [0, 0.05) is 5.33 Å². The lowest BCUT2D eigenvalue weighted by atomic mass is 10.2. The Labute approximate surface area is 90.2 Å². The van der Waals surface area contributed by atoms with Crippen molar-refractivity contribution >= 4 is 27.5 Å². The molecular formula is C9H7BrClNO. The van der Waals surface area contributed by atoms with Crippen LogP contribution in [0.5, 0.6) is 5.75 Å². The van der Waals surface area contributed by atoms with Crippen LogP contribution in [-0.4, -0.2) is 11.9 Å². The van der Waals surface area contributed by atoms with E-state index in [4.69, 9.17) is 21.6 Å². The molecular weight excluding hydrogens is 253 g/mol. The number of benzene rings is 1. The smallest absolute Gasteiger partial charge is 0.138 e. The first kappa shape index (κ1) is 10.4. The first-order valence-electron chi connectivity index (χ1n) is 3.67. The number of ether oxygens (including phenoxy) is 1. The Hall–Kier alpha value is -0.720. The fraction of sp³-hybridized carbons (Fsp3) is 0.222. The van der Waals surface area contributed by atoms with Gasteiger partial charge in [0.1, 0.15) is 17.4 Å². The van der Waals surface area contributed by atoms with Gasteiger partial charge in [0.2, 0.25) is 0 Å². The van der Waals surface area contributed by atoms with Crippen molar-refractivity contribution in [2.75, 3.05) is 11.9 Å². The third-order valence-electron chi connectivity index (χ3n) is 1.42. The Balaban J connectivity index is 2.93. The molecule has 0 aromatic heterocycles. The minimum Gasteiger partial charge on any atom is -0.491 e. The third-order valence-corrected chi connectivity index (χ3v) is 2.06. The fourth-order valence-corrected chi connectivity index (χ4v) is 1.25. The molecule has 2 nitrogen and oxygen atoms in total. The van der Waals surface area contributed by atoms with E-state index in [2.05, 4.69) is 15.9 Å². The van der Waals surface area contributed by atoms with Crippen LogP contribution in [0.3, 0.4) is 0 Å². The molecule has 0 saturated carbocycles. The van der Waals surface area contributed by atoms with Crippen molar-refractivity contribution in [3.63, 3.8) is 0 Å². The molecule has 0 radical (unpaired) electrons. The van der Waals surface area contributed by atoms with E-state index in [1.165, 1.54) is 0 Å². The second-order valence-electron chi connectivity index (χ2n) is 2.26. The number of hydrogen-bond acceptors (Lipinski definition) is 2. The zero-order valence-electron chi connectivity index (χ0n) is 6.76. The van der Waals surface area contributed by atoms with E-state index in [1.54, 1.807) is 18.2 Å². The highest BCUT2D eigenvalue weighted by atomic mass is 79.9. The summed E-state index contributed by atoms with van der Waals surface area (Å²) in [5.74, 6) is 0.537. The van der Waals surface area contributed by atoms with Gasteiger partial charge >= 0.3 is 0 Å². The summed E-state index contributed by atoms with van der Waals surface area (Å²) in [6, 6.07) is 7.15. The molecule has 0 bridgehead atoms. The summed E-state index contributed by atoms with van der Waals surface area (Å²) < 4.78 is 5.30. The number of halogens is 2. The standard InChI is InChI=1S/C9H7BrClNO/c10-4-5-13-9-3-1-2-8(11)7(9)6-12/h1-3H,4-5H2. The zero-order valence-corrected chi connectivity index (χ0v) is 9.10. The zero-order chi connectivity index (χ0) is 9.68. The lowest BCUT2D eigenvalue weighted by Crippen LogP contribution is -1.99. The number of nitriles is 1. The van der Waals surface area contributed by atoms with Crippen molar-refractivity contribution in [1.29, 1.82) is 5.26 Å². The molecule has 0 aliphatic rings. The first-order chi connectivity index (χ1) is 6.29. The Morgan fingerprint density at radius 1 is 1.54 bits per heavy atom. The lowest BCUT2D eigenvalue weighted by Gasteiger charge is -2.06. The summed E-state index contributed by atoms with van der Waals surface area (Å²) >= 11 is 9.03. The predicted molar refractivity (Wildman–Crippen MR) is 55.5 cm³/mol. The first-order valence-corrected chi connectivity index (χ1v) is 5.17.